The second kappa shape index (κ2) is 6.82. The van der Waals surface area contributed by atoms with Crippen molar-refractivity contribution < 1.29 is 9.47 Å². The van der Waals surface area contributed by atoms with E-state index in [4.69, 9.17) is 21.1 Å². The summed E-state index contributed by atoms with van der Waals surface area (Å²) in [6.45, 7) is 2.11. The van der Waals surface area contributed by atoms with Crippen LogP contribution in [0.3, 0.4) is 0 Å². The van der Waals surface area contributed by atoms with Crippen LogP contribution in [0.4, 0.5) is 5.69 Å². The molecule has 2 aromatic carbocycles. The highest BCUT2D eigenvalue weighted by Crippen LogP contribution is 2.52. The molecule has 0 bridgehead atoms. The van der Waals surface area contributed by atoms with E-state index in [-0.39, 0.29) is 6.04 Å². The zero-order valence-electron chi connectivity index (χ0n) is 15.0. The lowest BCUT2D eigenvalue weighted by atomic mass is 9.76. The lowest BCUT2D eigenvalue weighted by molar-refractivity contribution is 0.351. The summed E-state index contributed by atoms with van der Waals surface area (Å²) >= 11 is 9.96. The van der Waals surface area contributed by atoms with Crippen LogP contribution in [-0.4, -0.2) is 14.2 Å². The van der Waals surface area contributed by atoms with Crippen LogP contribution in [0.5, 0.6) is 11.5 Å². The molecular weight excluding hydrogens is 414 g/mol. The maximum absolute atomic E-state index is 6.33. The number of aryl methyl sites for hydroxylation is 1. The molecule has 0 radical (unpaired) electrons. The summed E-state index contributed by atoms with van der Waals surface area (Å²) < 4.78 is 11.9. The minimum atomic E-state index is 0.193. The van der Waals surface area contributed by atoms with E-state index in [0.29, 0.717) is 11.8 Å². The molecule has 0 saturated carbocycles. The summed E-state index contributed by atoms with van der Waals surface area (Å²) in [6, 6.07) is 8.52. The Morgan fingerprint density at radius 1 is 1.15 bits per heavy atom. The predicted molar refractivity (Wildman–Crippen MR) is 110 cm³/mol. The molecule has 4 rings (SSSR count). The molecule has 2 aliphatic rings. The van der Waals surface area contributed by atoms with Crippen LogP contribution in [0.2, 0.25) is 5.02 Å². The van der Waals surface area contributed by atoms with E-state index in [1.54, 1.807) is 14.2 Å². The van der Waals surface area contributed by atoms with E-state index in [2.05, 4.69) is 58.5 Å². The Hall–Kier alpha value is -1.65. The van der Waals surface area contributed by atoms with Crippen molar-refractivity contribution in [2.45, 2.75) is 25.3 Å². The fraction of sp³-hybridized carbons (Fsp3) is 0.333. The van der Waals surface area contributed by atoms with Crippen molar-refractivity contribution in [3.8, 4) is 11.5 Å². The molecule has 1 N–H and O–H groups in total. The highest BCUT2D eigenvalue weighted by molar-refractivity contribution is 9.10. The topological polar surface area (TPSA) is 30.5 Å². The van der Waals surface area contributed by atoms with Gasteiger partial charge in [0.15, 0.2) is 11.5 Å². The van der Waals surface area contributed by atoms with Crippen LogP contribution in [0.1, 0.15) is 35.1 Å². The maximum atomic E-state index is 6.33. The van der Waals surface area contributed by atoms with Crippen LogP contribution < -0.4 is 14.8 Å². The Morgan fingerprint density at radius 2 is 1.96 bits per heavy atom. The predicted octanol–water partition coefficient (Wildman–Crippen LogP) is 6.25. The smallest absolute Gasteiger partial charge is 0.174 e. The number of benzene rings is 2. The molecule has 0 unspecified atom stereocenters. The molecule has 3 atom stereocenters. The van der Waals surface area contributed by atoms with Gasteiger partial charge in [0.2, 0.25) is 0 Å². The average molecular weight is 435 g/mol. The molecule has 2 aromatic rings. The van der Waals surface area contributed by atoms with E-state index >= 15 is 0 Å². The first-order chi connectivity index (χ1) is 12.5. The molecule has 0 spiro atoms. The van der Waals surface area contributed by atoms with Crippen LogP contribution >= 0.6 is 27.5 Å². The molecule has 26 heavy (non-hydrogen) atoms. The number of hydrogen-bond acceptors (Lipinski definition) is 3. The van der Waals surface area contributed by atoms with E-state index in [1.807, 2.05) is 6.07 Å². The average Bonchev–Trinajstić information content (AvgIpc) is 3.10. The van der Waals surface area contributed by atoms with Gasteiger partial charge in [0.05, 0.1) is 24.7 Å². The molecule has 1 aliphatic heterocycles. The molecule has 3 nitrogen and oxygen atoms in total. The molecule has 0 amide bonds. The highest BCUT2D eigenvalue weighted by atomic mass is 79.9. The van der Waals surface area contributed by atoms with Crippen molar-refractivity contribution in [3.05, 3.63) is 62.6 Å². The summed E-state index contributed by atoms with van der Waals surface area (Å²) in [5.41, 5.74) is 4.85. The standard InChI is InChI=1S/C21H21BrClNO2/c1-11-7-13(23)10-16-14-5-4-6-15(14)20(24-19(11)16)12-8-17(22)21(26-3)18(9-12)25-2/h4-5,7-10,14-15,20,24H,6H2,1-3H3/t14-,15+,20+/m1/s1. The molecule has 136 valence electrons. The second-order valence-electron chi connectivity index (χ2n) is 6.90. The van der Waals surface area contributed by atoms with Gasteiger partial charge in [-0.3, -0.25) is 0 Å². The van der Waals surface area contributed by atoms with Crippen LogP contribution in [0, 0.1) is 12.8 Å². The SMILES string of the molecule is COc1cc([C@@H]2Nc3c(C)cc(Cl)cc3[C@@H]3C=CC[C@@H]32)cc(Br)c1OC. The second-order valence-corrected chi connectivity index (χ2v) is 8.19. The maximum Gasteiger partial charge on any atom is 0.174 e. The Bertz CT molecular complexity index is 896. The van der Waals surface area contributed by atoms with E-state index in [0.717, 1.165) is 27.4 Å². The molecule has 0 saturated heterocycles. The first-order valence-corrected chi connectivity index (χ1v) is 9.85. The van der Waals surface area contributed by atoms with Gasteiger partial charge in [0.25, 0.3) is 0 Å². The number of methoxy groups -OCH3 is 2. The van der Waals surface area contributed by atoms with Gasteiger partial charge in [-0.25, -0.2) is 0 Å². The number of hydrogen-bond donors (Lipinski definition) is 1. The Labute approximate surface area is 167 Å². The van der Waals surface area contributed by atoms with Crippen LogP contribution in [-0.2, 0) is 0 Å². The van der Waals surface area contributed by atoms with Gasteiger partial charge in [0, 0.05) is 16.6 Å². The van der Waals surface area contributed by atoms with Gasteiger partial charge >= 0.3 is 0 Å². The fourth-order valence-electron chi connectivity index (χ4n) is 4.29. The number of ether oxygens (including phenoxy) is 2. The number of halogens is 2. The molecular formula is C21H21BrClNO2. The summed E-state index contributed by atoms with van der Waals surface area (Å²) in [7, 11) is 3.32. The number of rotatable bonds is 3. The van der Waals surface area contributed by atoms with E-state index in [1.165, 1.54) is 22.4 Å². The summed E-state index contributed by atoms with van der Waals surface area (Å²) in [5.74, 6) is 2.28. The van der Waals surface area contributed by atoms with Crippen LogP contribution in [0.25, 0.3) is 0 Å². The number of fused-ring (bicyclic) bond motifs is 3. The molecule has 5 heteroatoms. The minimum absolute atomic E-state index is 0.193. The first-order valence-electron chi connectivity index (χ1n) is 8.68. The largest absolute Gasteiger partial charge is 0.493 e. The zero-order valence-corrected chi connectivity index (χ0v) is 17.3. The number of allylic oxidation sites excluding steroid dienone is 2. The van der Waals surface area contributed by atoms with Gasteiger partial charge in [-0.15, -0.1) is 0 Å². The van der Waals surface area contributed by atoms with Gasteiger partial charge in [-0.2, -0.15) is 0 Å². The van der Waals surface area contributed by atoms with Gasteiger partial charge in [-0.1, -0.05) is 23.8 Å². The Balaban J connectivity index is 1.82. The van der Waals surface area contributed by atoms with Gasteiger partial charge in [-0.05, 0) is 76.1 Å². The van der Waals surface area contributed by atoms with E-state index < -0.39 is 0 Å². The summed E-state index contributed by atoms with van der Waals surface area (Å²) in [6.07, 6.45) is 5.65. The molecule has 1 aliphatic carbocycles. The third-order valence-corrected chi connectivity index (χ3v) is 6.25. The van der Waals surface area contributed by atoms with Crippen molar-refractivity contribution in [3.63, 3.8) is 0 Å². The molecule has 0 aromatic heterocycles. The van der Waals surface area contributed by atoms with Crippen molar-refractivity contribution in [1.82, 2.24) is 0 Å². The van der Waals surface area contributed by atoms with Crippen molar-refractivity contribution in [2.75, 3.05) is 19.5 Å². The fourth-order valence-corrected chi connectivity index (χ4v) is 5.19. The first kappa shape index (κ1) is 17.7. The monoisotopic (exact) mass is 433 g/mol. The minimum Gasteiger partial charge on any atom is -0.493 e. The van der Waals surface area contributed by atoms with Crippen LogP contribution in [0.15, 0.2) is 40.9 Å². The summed E-state index contributed by atoms with van der Waals surface area (Å²) in [4.78, 5) is 0. The van der Waals surface area contributed by atoms with E-state index in [9.17, 15) is 0 Å². The number of anilines is 1. The molecule has 1 heterocycles. The normalized spacial score (nSPS) is 23.2. The number of nitrogens with one attached hydrogen (secondary N) is 1. The van der Waals surface area contributed by atoms with Gasteiger partial charge < -0.3 is 14.8 Å². The quantitative estimate of drug-likeness (QED) is 0.579. The van der Waals surface area contributed by atoms with Gasteiger partial charge in [0.1, 0.15) is 0 Å². The third-order valence-electron chi connectivity index (χ3n) is 5.45. The van der Waals surface area contributed by atoms with Crippen molar-refractivity contribution in [1.29, 1.82) is 0 Å². The molecule has 0 fully saturated rings. The summed E-state index contributed by atoms with van der Waals surface area (Å²) in [5, 5.41) is 4.58. The third kappa shape index (κ3) is 2.80. The Morgan fingerprint density at radius 3 is 2.69 bits per heavy atom. The zero-order chi connectivity index (χ0) is 18.4. The van der Waals surface area contributed by atoms with Crippen molar-refractivity contribution >= 4 is 33.2 Å². The Kier molecular flexibility index (Phi) is 4.66. The van der Waals surface area contributed by atoms with Crippen molar-refractivity contribution in [2.24, 2.45) is 5.92 Å². The lowest BCUT2D eigenvalue weighted by Gasteiger charge is -2.38. The lowest BCUT2D eigenvalue weighted by Crippen LogP contribution is -2.29. The highest BCUT2D eigenvalue weighted by Gasteiger charge is 2.39.